The first kappa shape index (κ1) is 19.5. The molecule has 2 aromatic rings. The van der Waals surface area contributed by atoms with Gasteiger partial charge in [-0.05, 0) is 30.3 Å². The van der Waals surface area contributed by atoms with Crippen LogP contribution in [0.3, 0.4) is 0 Å². The molecule has 0 radical (unpaired) electrons. The third-order valence-corrected chi connectivity index (χ3v) is 4.27. The summed E-state index contributed by atoms with van der Waals surface area (Å²) < 4.78 is 2.23. The molecule has 1 atom stereocenters. The van der Waals surface area contributed by atoms with Gasteiger partial charge in [0.2, 0.25) is 0 Å². The van der Waals surface area contributed by atoms with Gasteiger partial charge in [-0.1, -0.05) is 31.2 Å². The Bertz CT molecular complexity index is 661. The molecule has 0 N–H and O–H groups in total. The molecule has 25 heavy (non-hydrogen) atoms. The smallest absolute Gasteiger partial charge is 0.169 e. The normalized spacial score (nSPS) is 12.7. The molecule has 0 spiro atoms. The van der Waals surface area contributed by atoms with Crippen molar-refractivity contribution in [2.75, 3.05) is 39.1 Å². The SMILES string of the molecule is CC(S)CN(C)CC[n+]1ccc(C=Cc2ccc(N(C)C)cc2)cc1. The second kappa shape index (κ2) is 9.64. The Balaban J connectivity index is 1.89. The molecule has 134 valence electrons. The zero-order valence-electron chi connectivity index (χ0n) is 15.8. The number of anilines is 1. The lowest BCUT2D eigenvalue weighted by Crippen LogP contribution is -2.40. The van der Waals surface area contributed by atoms with Gasteiger partial charge in [0.15, 0.2) is 18.9 Å². The van der Waals surface area contributed by atoms with E-state index in [0.717, 1.165) is 19.6 Å². The van der Waals surface area contributed by atoms with Gasteiger partial charge in [-0.15, -0.1) is 0 Å². The number of rotatable bonds is 8. The summed E-state index contributed by atoms with van der Waals surface area (Å²) in [7, 11) is 6.26. The van der Waals surface area contributed by atoms with Crippen LogP contribution < -0.4 is 9.47 Å². The maximum Gasteiger partial charge on any atom is 0.169 e. The van der Waals surface area contributed by atoms with Gasteiger partial charge in [0.05, 0.1) is 6.54 Å². The summed E-state index contributed by atoms with van der Waals surface area (Å²) in [6.45, 7) is 5.16. The summed E-state index contributed by atoms with van der Waals surface area (Å²) in [5, 5.41) is 0.411. The van der Waals surface area contributed by atoms with E-state index in [1.165, 1.54) is 16.8 Å². The molecule has 0 saturated heterocycles. The molecule has 0 aliphatic rings. The van der Waals surface area contributed by atoms with Crippen LogP contribution in [0.15, 0.2) is 48.8 Å². The van der Waals surface area contributed by atoms with Gasteiger partial charge in [-0.3, -0.25) is 4.90 Å². The number of benzene rings is 1. The van der Waals surface area contributed by atoms with Crippen molar-refractivity contribution in [2.45, 2.75) is 18.7 Å². The number of nitrogens with zero attached hydrogens (tertiary/aromatic N) is 3. The Hall–Kier alpha value is -1.78. The molecule has 0 aliphatic carbocycles. The molecule has 0 bridgehead atoms. The number of hydrogen-bond acceptors (Lipinski definition) is 3. The van der Waals surface area contributed by atoms with Crippen molar-refractivity contribution in [3.63, 3.8) is 0 Å². The third kappa shape index (κ3) is 6.92. The number of likely N-dealkylation sites (N-methyl/N-ethyl adjacent to an activating group) is 1. The summed E-state index contributed by atoms with van der Waals surface area (Å²) in [6.07, 6.45) is 8.60. The number of aromatic nitrogens is 1. The van der Waals surface area contributed by atoms with Crippen molar-refractivity contribution in [3.05, 3.63) is 59.9 Å². The van der Waals surface area contributed by atoms with E-state index in [0.29, 0.717) is 5.25 Å². The lowest BCUT2D eigenvalue weighted by atomic mass is 10.1. The Morgan fingerprint density at radius 3 is 2.04 bits per heavy atom. The maximum absolute atomic E-state index is 4.44. The highest BCUT2D eigenvalue weighted by molar-refractivity contribution is 7.80. The largest absolute Gasteiger partial charge is 0.378 e. The molecular formula is C21H30N3S+. The Kier molecular flexibility index (Phi) is 7.53. The van der Waals surface area contributed by atoms with Crippen LogP contribution >= 0.6 is 12.6 Å². The molecule has 0 fully saturated rings. The first-order chi connectivity index (χ1) is 11.9. The molecule has 3 nitrogen and oxygen atoms in total. The van der Waals surface area contributed by atoms with E-state index in [1.807, 2.05) is 0 Å². The van der Waals surface area contributed by atoms with Crippen molar-refractivity contribution in [1.29, 1.82) is 0 Å². The minimum Gasteiger partial charge on any atom is -0.378 e. The van der Waals surface area contributed by atoms with Crippen molar-refractivity contribution in [3.8, 4) is 0 Å². The second-order valence-electron chi connectivity index (χ2n) is 6.80. The van der Waals surface area contributed by atoms with Gasteiger partial charge in [0.25, 0.3) is 0 Å². The van der Waals surface area contributed by atoms with Gasteiger partial charge in [0, 0.05) is 43.7 Å². The fourth-order valence-corrected chi connectivity index (χ4v) is 2.91. The van der Waals surface area contributed by atoms with E-state index in [1.54, 1.807) is 0 Å². The van der Waals surface area contributed by atoms with Gasteiger partial charge in [-0.25, -0.2) is 4.57 Å². The first-order valence-electron chi connectivity index (χ1n) is 8.75. The molecular weight excluding hydrogens is 326 g/mol. The summed E-state index contributed by atoms with van der Waals surface area (Å²) in [5.41, 5.74) is 3.64. The highest BCUT2D eigenvalue weighted by atomic mass is 32.1. The molecule has 0 saturated carbocycles. The summed E-state index contributed by atoms with van der Waals surface area (Å²) in [5.74, 6) is 0. The number of hydrogen-bond donors (Lipinski definition) is 1. The van der Waals surface area contributed by atoms with Crippen LogP contribution in [-0.2, 0) is 6.54 Å². The third-order valence-electron chi connectivity index (χ3n) is 4.11. The zero-order chi connectivity index (χ0) is 18.2. The Morgan fingerprint density at radius 2 is 1.52 bits per heavy atom. The Morgan fingerprint density at radius 1 is 0.960 bits per heavy atom. The Labute approximate surface area is 158 Å². The number of thiol groups is 1. The lowest BCUT2D eigenvalue weighted by molar-refractivity contribution is -0.696. The highest BCUT2D eigenvalue weighted by Gasteiger charge is 2.05. The minimum atomic E-state index is 0.411. The van der Waals surface area contributed by atoms with Crippen LogP contribution in [-0.4, -0.2) is 44.4 Å². The molecule has 2 rings (SSSR count). The molecule has 1 heterocycles. The summed E-state index contributed by atoms with van der Waals surface area (Å²) >= 11 is 4.44. The van der Waals surface area contributed by atoms with Crippen molar-refractivity contribution in [1.82, 2.24) is 4.90 Å². The summed E-state index contributed by atoms with van der Waals surface area (Å²) in [6, 6.07) is 12.9. The standard InChI is InChI=1S/C21H29N3S/c1-18(25)17-23(4)15-16-24-13-11-20(12-14-24)6-5-19-7-9-21(10-8-19)22(2)3/h5-14,18H,15-17H2,1-4H3/p+1. The van der Waals surface area contributed by atoms with Gasteiger partial charge >= 0.3 is 0 Å². The van der Waals surface area contributed by atoms with Crippen LogP contribution in [0.1, 0.15) is 18.1 Å². The average Bonchev–Trinajstić information content (AvgIpc) is 2.59. The molecule has 1 aromatic carbocycles. The monoisotopic (exact) mass is 356 g/mol. The van der Waals surface area contributed by atoms with Crippen molar-refractivity contribution < 1.29 is 4.57 Å². The fourth-order valence-electron chi connectivity index (χ4n) is 2.63. The van der Waals surface area contributed by atoms with Crippen molar-refractivity contribution in [2.24, 2.45) is 0 Å². The lowest BCUT2D eigenvalue weighted by Gasteiger charge is -2.16. The average molecular weight is 357 g/mol. The van der Waals surface area contributed by atoms with Crippen molar-refractivity contribution >= 4 is 30.5 Å². The van der Waals surface area contributed by atoms with E-state index >= 15 is 0 Å². The van der Waals surface area contributed by atoms with Gasteiger partial charge < -0.3 is 4.90 Å². The molecule has 0 aliphatic heterocycles. The topological polar surface area (TPSA) is 10.4 Å². The van der Waals surface area contributed by atoms with Crippen LogP contribution in [0.2, 0.25) is 0 Å². The second-order valence-corrected chi connectivity index (χ2v) is 7.68. The van der Waals surface area contributed by atoms with Crippen LogP contribution in [0.25, 0.3) is 12.2 Å². The van der Waals surface area contributed by atoms with Crippen LogP contribution in [0.5, 0.6) is 0 Å². The predicted octanol–water partition coefficient (Wildman–Crippen LogP) is 3.46. The van der Waals surface area contributed by atoms with Gasteiger partial charge in [0.1, 0.15) is 0 Å². The minimum absolute atomic E-state index is 0.411. The van der Waals surface area contributed by atoms with Gasteiger partial charge in [-0.2, -0.15) is 12.6 Å². The number of pyridine rings is 1. The van der Waals surface area contributed by atoms with E-state index in [9.17, 15) is 0 Å². The molecule has 0 amide bonds. The quantitative estimate of drug-likeness (QED) is 0.573. The van der Waals surface area contributed by atoms with E-state index < -0.39 is 0 Å². The van der Waals surface area contributed by atoms with Crippen LogP contribution in [0.4, 0.5) is 5.69 Å². The van der Waals surface area contributed by atoms with Crippen LogP contribution in [0, 0.1) is 0 Å². The summed E-state index contributed by atoms with van der Waals surface area (Å²) in [4.78, 5) is 4.42. The maximum atomic E-state index is 4.44. The van der Waals surface area contributed by atoms with E-state index in [4.69, 9.17) is 0 Å². The predicted molar refractivity (Wildman–Crippen MR) is 112 cm³/mol. The molecule has 4 heteroatoms. The van der Waals surface area contributed by atoms with E-state index in [2.05, 4.69) is 116 Å². The van der Waals surface area contributed by atoms with E-state index in [-0.39, 0.29) is 0 Å². The molecule has 1 aromatic heterocycles. The first-order valence-corrected chi connectivity index (χ1v) is 9.27. The zero-order valence-corrected chi connectivity index (χ0v) is 16.7. The highest BCUT2D eigenvalue weighted by Crippen LogP contribution is 2.14. The molecule has 1 unspecified atom stereocenters. The fraction of sp³-hybridized carbons (Fsp3) is 0.381.